The van der Waals surface area contributed by atoms with Gasteiger partial charge in [-0.3, -0.25) is 9.59 Å². The fourth-order valence-corrected chi connectivity index (χ4v) is 3.74. The Bertz CT molecular complexity index is 574. The van der Waals surface area contributed by atoms with Gasteiger partial charge in [-0.05, 0) is 31.2 Å². The first-order valence-electron chi connectivity index (χ1n) is 8.24. The summed E-state index contributed by atoms with van der Waals surface area (Å²) in [5, 5.41) is 0. The first kappa shape index (κ1) is 16.0. The lowest BCUT2D eigenvalue weighted by atomic mass is 9.91. The molecule has 1 amide bonds. The van der Waals surface area contributed by atoms with E-state index in [1.165, 1.54) is 7.11 Å². The molecule has 1 aromatic rings. The average Bonchev–Trinajstić information content (AvgIpc) is 2.96. The van der Waals surface area contributed by atoms with Crippen molar-refractivity contribution >= 4 is 11.9 Å². The Morgan fingerprint density at radius 2 is 2.17 bits per heavy atom. The van der Waals surface area contributed by atoms with Gasteiger partial charge in [-0.2, -0.15) is 0 Å². The molecule has 0 N–H and O–H groups in total. The molecule has 2 heterocycles. The number of carbonyl (C=O) groups is 2. The molecule has 5 heteroatoms. The van der Waals surface area contributed by atoms with Crippen molar-refractivity contribution in [2.75, 3.05) is 13.7 Å². The van der Waals surface area contributed by atoms with Crippen molar-refractivity contribution < 1.29 is 19.1 Å². The number of hydrogen-bond acceptors (Lipinski definition) is 4. The van der Waals surface area contributed by atoms with Gasteiger partial charge in [0, 0.05) is 12.8 Å². The number of esters is 1. The van der Waals surface area contributed by atoms with Crippen molar-refractivity contribution in [1.82, 2.24) is 4.90 Å². The first-order valence-corrected chi connectivity index (χ1v) is 8.24. The van der Waals surface area contributed by atoms with Crippen LogP contribution in [0.4, 0.5) is 0 Å². The Labute approximate surface area is 136 Å². The predicted octanol–water partition coefficient (Wildman–Crippen LogP) is 2.81. The van der Waals surface area contributed by atoms with Crippen LogP contribution in [0, 0.1) is 0 Å². The van der Waals surface area contributed by atoms with E-state index in [1.54, 1.807) is 0 Å². The molecular weight excluding hydrogens is 294 g/mol. The molecular formula is C18H23NO4. The molecule has 0 spiro atoms. The van der Waals surface area contributed by atoms with Gasteiger partial charge in [0.05, 0.1) is 19.8 Å². The smallest absolute Gasteiger partial charge is 0.305 e. The summed E-state index contributed by atoms with van der Waals surface area (Å²) in [4.78, 5) is 25.9. The van der Waals surface area contributed by atoms with Gasteiger partial charge in [-0.25, -0.2) is 0 Å². The quantitative estimate of drug-likeness (QED) is 0.784. The largest absolute Gasteiger partial charge is 0.469 e. The highest BCUT2D eigenvalue weighted by Gasteiger charge is 2.51. The molecule has 2 fully saturated rings. The highest BCUT2D eigenvalue weighted by Crippen LogP contribution is 2.46. The van der Waals surface area contributed by atoms with Crippen molar-refractivity contribution in [2.24, 2.45) is 0 Å². The Morgan fingerprint density at radius 1 is 1.39 bits per heavy atom. The summed E-state index contributed by atoms with van der Waals surface area (Å²) in [7, 11) is 1.40. The third-order valence-corrected chi connectivity index (χ3v) is 4.85. The van der Waals surface area contributed by atoms with Gasteiger partial charge >= 0.3 is 5.97 Å². The van der Waals surface area contributed by atoms with Crippen LogP contribution >= 0.6 is 0 Å². The number of fused-ring (bicyclic) bond motifs is 1. The van der Waals surface area contributed by atoms with Gasteiger partial charge in [0.2, 0.25) is 5.91 Å². The second-order valence-electron chi connectivity index (χ2n) is 6.23. The van der Waals surface area contributed by atoms with Crippen LogP contribution in [0.3, 0.4) is 0 Å². The van der Waals surface area contributed by atoms with E-state index in [9.17, 15) is 9.59 Å². The molecule has 2 saturated heterocycles. The number of methoxy groups -OCH3 is 1. The molecule has 23 heavy (non-hydrogen) atoms. The van der Waals surface area contributed by atoms with Crippen LogP contribution in [-0.4, -0.2) is 36.2 Å². The maximum Gasteiger partial charge on any atom is 0.305 e. The summed E-state index contributed by atoms with van der Waals surface area (Å²) in [6.07, 6.45) is 3.96. The van der Waals surface area contributed by atoms with E-state index in [0.717, 1.165) is 18.4 Å². The topological polar surface area (TPSA) is 55.8 Å². The normalized spacial score (nSPS) is 26.9. The SMILES string of the molecule is COC(=O)CCC[C@@]12CCCC(=O)N1[C@H](c1ccccc1)CO2. The lowest BCUT2D eigenvalue weighted by molar-refractivity contribution is -0.162. The zero-order chi connectivity index (χ0) is 16.3. The molecule has 5 nitrogen and oxygen atoms in total. The van der Waals surface area contributed by atoms with E-state index < -0.39 is 5.72 Å². The second kappa shape index (κ2) is 6.71. The molecule has 124 valence electrons. The minimum atomic E-state index is -0.552. The Balaban J connectivity index is 1.78. The van der Waals surface area contributed by atoms with E-state index in [-0.39, 0.29) is 17.9 Å². The molecule has 2 aliphatic heterocycles. The molecule has 2 aliphatic rings. The summed E-state index contributed by atoms with van der Waals surface area (Å²) in [6, 6.07) is 10.0. The standard InChI is InChI=1S/C18H23NO4/c1-22-17(21)10-6-12-18-11-5-9-16(20)19(18)15(13-23-18)14-7-3-2-4-8-14/h2-4,7-8,15H,5-6,9-13H2,1H3/t15-,18-/m0/s1. The number of hydrogen-bond donors (Lipinski definition) is 0. The molecule has 0 unspecified atom stereocenters. The lowest BCUT2D eigenvalue weighted by Crippen LogP contribution is -2.52. The number of piperidine rings is 1. The van der Waals surface area contributed by atoms with Crippen molar-refractivity contribution in [1.29, 1.82) is 0 Å². The summed E-state index contributed by atoms with van der Waals surface area (Å²) in [5.41, 5.74) is 0.557. The zero-order valence-corrected chi connectivity index (χ0v) is 13.5. The van der Waals surface area contributed by atoms with E-state index in [4.69, 9.17) is 9.47 Å². The number of ether oxygens (including phenoxy) is 2. The zero-order valence-electron chi connectivity index (χ0n) is 13.5. The van der Waals surface area contributed by atoms with Gasteiger partial charge in [0.25, 0.3) is 0 Å². The molecule has 0 saturated carbocycles. The maximum absolute atomic E-state index is 12.6. The predicted molar refractivity (Wildman–Crippen MR) is 84.4 cm³/mol. The minimum absolute atomic E-state index is 0.0258. The first-order chi connectivity index (χ1) is 11.2. The van der Waals surface area contributed by atoms with Crippen molar-refractivity contribution in [3.8, 4) is 0 Å². The van der Waals surface area contributed by atoms with Gasteiger partial charge in [-0.1, -0.05) is 30.3 Å². The Morgan fingerprint density at radius 3 is 2.91 bits per heavy atom. The molecule has 2 atom stereocenters. The third kappa shape index (κ3) is 3.11. The minimum Gasteiger partial charge on any atom is -0.469 e. The van der Waals surface area contributed by atoms with E-state index in [2.05, 4.69) is 0 Å². The van der Waals surface area contributed by atoms with Crippen molar-refractivity contribution in [2.45, 2.75) is 50.3 Å². The average molecular weight is 317 g/mol. The van der Waals surface area contributed by atoms with Crippen LogP contribution in [-0.2, 0) is 19.1 Å². The van der Waals surface area contributed by atoms with Crippen LogP contribution < -0.4 is 0 Å². The molecule has 0 aliphatic carbocycles. The van der Waals surface area contributed by atoms with E-state index >= 15 is 0 Å². The summed E-state index contributed by atoms with van der Waals surface area (Å²) < 4.78 is 10.9. The fraction of sp³-hybridized carbons (Fsp3) is 0.556. The van der Waals surface area contributed by atoms with E-state index in [1.807, 2.05) is 35.2 Å². The number of amides is 1. The van der Waals surface area contributed by atoms with Crippen LogP contribution in [0.1, 0.15) is 50.1 Å². The van der Waals surface area contributed by atoms with E-state index in [0.29, 0.717) is 32.3 Å². The number of nitrogens with zero attached hydrogens (tertiary/aromatic N) is 1. The van der Waals surface area contributed by atoms with Crippen molar-refractivity contribution in [3.63, 3.8) is 0 Å². The molecule has 0 radical (unpaired) electrons. The summed E-state index contributed by atoms with van der Waals surface area (Å²) >= 11 is 0. The van der Waals surface area contributed by atoms with Gasteiger partial charge in [-0.15, -0.1) is 0 Å². The maximum atomic E-state index is 12.6. The van der Waals surface area contributed by atoms with Gasteiger partial charge in [0.15, 0.2) is 0 Å². The van der Waals surface area contributed by atoms with Crippen LogP contribution in [0.15, 0.2) is 30.3 Å². The molecule has 0 bridgehead atoms. The number of carbonyl (C=O) groups excluding carboxylic acids is 2. The van der Waals surface area contributed by atoms with Crippen LogP contribution in [0.25, 0.3) is 0 Å². The highest BCUT2D eigenvalue weighted by molar-refractivity contribution is 5.78. The fourth-order valence-electron chi connectivity index (χ4n) is 3.74. The van der Waals surface area contributed by atoms with Crippen LogP contribution in [0.2, 0.25) is 0 Å². The number of benzene rings is 1. The summed E-state index contributed by atoms with van der Waals surface area (Å²) in [5.74, 6) is -0.0617. The lowest BCUT2D eigenvalue weighted by Gasteiger charge is -2.43. The van der Waals surface area contributed by atoms with Crippen LogP contribution in [0.5, 0.6) is 0 Å². The number of rotatable bonds is 5. The second-order valence-corrected chi connectivity index (χ2v) is 6.23. The Hall–Kier alpha value is -1.88. The Kier molecular flexibility index (Phi) is 4.66. The highest BCUT2D eigenvalue weighted by atomic mass is 16.5. The molecule has 0 aromatic heterocycles. The van der Waals surface area contributed by atoms with Gasteiger partial charge < -0.3 is 14.4 Å². The van der Waals surface area contributed by atoms with Crippen molar-refractivity contribution in [3.05, 3.63) is 35.9 Å². The third-order valence-electron chi connectivity index (χ3n) is 4.85. The summed E-state index contributed by atoms with van der Waals surface area (Å²) in [6.45, 7) is 0.522. The molecule has 3 rings (SSSR count). The molecule has 1 aromatic carbocycles. The monoisotopic (exact) mass is 317 g/mol. The van der Waals surface area contributed by atoms with Gasteiger partial charge in [0.1, 0.15) is 5.72 Å².